The fraction of sp³-hybridized carbons (Fsp3) is 0.850. The Kier molecular flexibility index (Phi) is 33.1. The maximum atomic E-state index is 12.1. The number of allylic oxidation sites excluding steroid dienone is 2. The zero-order valence-corrected chi connectivity index (χ0v) is 29.7. The van der Waals surface area contributed by atoms with Gasteiger partial charge in [-0.1, -0.05) is 194 Å². The molecule has 0 rings (SSSR count). The van der Waals surface area contributed by atoms with Crippen molar-refractivity contribution in [2.24, 2.45) is 0 Å². The highest BCUT2D eigenvalue weighted by molar-refractivity contribution is 5.78. The van der Waals surface area contributed by atoms with E-state index in [1.807, 2.05) is 0 Å². The first-order valence-electron chi connectivity index (χ1n) is 19.3. The summed E-state index contributed by atoms with van der Waals surface area (Å²) < 4.78 is 10.6. The van der Waals surface area contributed by atoms with Crippen LogP contribution in [-0.4, -0.2) is 11.9 Å². The quantitative estimate of drug-likeness (QED) is 0.0403. The Bertz CT molecular complexity index is 625. The third-order valence-corrected chi connectivity index (χ3v) is 8.67. The third kappa shape index (κ3) is 33.3. The molecular formula is C40H74O4. The summed E-state index contributed by atoms with van der Waals surface area (Å²) in [6.07, 6.45) is 38.3. The van der Waals surface area contributed by atoms with Crippen molar-refractivity contribution in [2.45, 2.75) is 219 Å². The second kappa shape index (κ2) is 34.3. The molecule has 0 fully saturated rings. The number of hydrogen-bond acceptors (Lipinski definition) is 4. The van der Waals surface area contributed by atoms with Crippen molar-refractivity contribution in [3.05, 3.63) is 24.7 Å². The number of ether oxygens (including phenoxy) is 2. The predicted octanol–water partition coefficient (Wildman–Crippen LogP) is 13.6. The summed E-state index contributed by atoms with van der Waals surface area (Å²) in [6, 6.07) is 0. The van der Waals surface area contributed by atoms with Gasteiger partial charge in [0.1, 0.15) is 11.5 Å². The molecule has 0 spiro atoms. The van der Waals surface area contributed by atoms with Crippen molar-refractivity contribution in [2.75, 3.05) is 0 Å². The van der Waals surface area contributed by atoms with Crippen LogP contribution in [0.5, 0.6) is 0 Å². The van der Waals surface area contributed by atoms with Gasteiger partial charge in [-0.25, -0.2) is 0 Å². The second-order valence-electron chi connectivity index (χ2n) is 13.2. The van der Waals surface area contributed by atoms with Gasteiger partial charge in [-0.05, 0) is 12.8 Å². The van der Waals surface area contributed by atoms with Gasteiger partial charge in [0.2, 0.25) is 0 Å². The summed E-state index contributed by atoms with van der Waals surface area (Å²) in [7, 11) is 0. The largest absolute Gasteiger partial charge is 0.432 e. The summed E-state index contributed by atoms with van der Waals surface area (Å²) in [5, 5.41) is 0. The van der Waals surface area contributed by atoms with E-state index < -0.39 is 11.9 Å². The highest BCUT2D eigenvalue weighted by Gasteiger charge is 2.12. The molecule has 0 aliphatic heterocycles. The molecule has 4 heteroatoms. The Morgan fingerprint density at radius 3 is 0.773 bits per heavy atom. The van der Waals surface area contributed by atoms with Crippen LogP contribution >= 0.6 is 0 Å². The first kappa shape index (κ1) is 42.4. The zero-order valence-electron chi connectivity index (χ0n) is 29.7. The van der Waals surface area contributed by atoms with Gasteiger partial charge >= 0.3 is 11.9 Å². The fourth-order valence-electron chi connectivity index (χ4n) is 5.76. The predicted molar refractivity (Wildman–Crippen MR) is 190 cm³/mol. The Morgan fingerprint density at radius 2 is 0.545 bits per heavy atom. The van der Waals surface area contributed by atoms with E-state index in [-0.39, 0.29) is 12.8 Å². The molecule has 0 saturated carbocycles. The molecule has 0 saturated heterocycles. The topological polar surface area (TPSA) is 52.6 Å². The highest BCUT2D eigenvalue weighted by atomic mass is 16.5. The standard InChI is InChI=1S/C40H74O4/c1-5-7-9-11-13-15-17-19-21-23-25-27-29-31-33-37(3)43-39(41)35-36-40(42)44-38(4)34-32-30-28-26-24-22-20-18-16-14-12-10-8-6-2/h3-36H2,1-2H3. The van der Waals surface area contributed by atoms with Crippen LogP contribution < -0.4 is 0 Å². The highest BCUT2D eigenvalue weighted by Crippen LogP contribution is 2.17. The number of carbonyl (C=O) groups excluding carboxylic acids is 2. The molecule has 0 heterocycles. The van der Waals surface area contributed by atoms with E-state index in [1.54, 1.807) is 0 Å². The van der Waals surface area contributed by atoms with E-state index >= 15 is 0 Å². The van der Waals surface area contributed by atoms with Gasteiger partial charge in [0.25, 0.3) is 0 Å². The summed E-state index contributed by atoms with van der Waals surface area (Å²) >= 11 is 0. The molecule has 0 unspecified atom stereocenters. The minimum Gasteiger partial charge on any atom is -0.432 e. The van der Waals surface area contributed by atoms with Crippen LogP contribution in [0.15, 0.2) is 24.7 Å². The van der Waals surface area contributed by atoms with Gasteiger partial charge < -0.3 is 9.47 Å². The number of carbonyl (C=O) groups is 2. The van der Waals surface area contributed by atoms with Crippen molar-refractivity contribution < 1.29 is 19.1 Å². The van der Waals surface area contributed by atoms with Crippen molar-refractivity contribution in [3.63, 3.8) is 0 Å². The fourth-order valence-corrected chi connectivity index (χ4v) is 5.76. The molecule has 0 atom stereocenters. The van der Waals surface area contributed by atoms with E-state index in [2.05, 4.69) is 27.0 Å². The molecule has 4 nitrogen and oxygen atoms in total. The maximum absolute atomic E-state index is 12.1. The molecule has 44 heavy (non-hydrogen) atoms. The van der Waals surface area contributed by atoms with E-state index in [0.29, 0.717) is 24.4 Å². The van der Waals surface area contributed by atoms with Crippen LogP contribution in [0.3, 0.4) is 0 Å². The van der Waals surface area contributed by atoms with Crippen LogP contribution in [0.4, 0.5) is 0 Å². The summed E-state index contributed by atoms with van der Waals surface area (Å²) in [4.78, 5) is 24.2. The molecule has 0 aromatic rings. The third-order valence-electron chi connectivity index (χ3n) is 8.67. The molecule has 0 aliphatic carbocycles. The van der Waals surface area contributed by atoms with Crippen molar-refractivity contribution >= 4 is 11.9 Å². The van der Waals surface area contributed by atoms with Gasteiger partial charge in [0, 0.05) is 12.8 Å². The Labute approximate surface area is 274 Å². The van der Waals surface area contributed by atoms with Crippen LogP contribution in [0.2, 0.25) is 0 Å². The Hall–Kier alpha value is -1.58. The van der Waals surface area contributed by atoms with E-state index in [4.69, 9.17) is 9.47 Å². The lowest BCUT2D eigenvalue weighted by Crippen LogP contribution is -2.10. The molecule has 0 N–H and O–H groups in total. The smallest absolute Gasteiger partial charge is 0.311 e. The summed E-state index contributed by atoms with van der Waals surface area (Å²) in [6.45, 7) is 12.3. The maximum Gasteiger partial charge on any atom is 0.311 e. The van der Waals surface area contributed by atoms with Crippen LogP contribution in [0, 0.1) is 0 Å². The molecule has 0 aliphatic rings. The minimum absolute atomic E-state index is 0.0166. The van der Waals surface area contributed by atoms with Gasteiger partial charge in [0.15, 0.2) is 0 Å². The average molecular weight is 619 g/mol. The van der Waals surface area contributed by atoms with Gasteiger partial charge in [-0.2, -0.15) is 0 Å². The SMILES string of the molecule is C=C(CCCCCCCCCCCCCCCC)OC(=O)CCC(=O)OC(=C)CCCCCCCCCCCCCCCC. The van der Waals surface area contributed by atoms with Gasteiger partial charge in [-0.3, -0.25) is 9.59 Å². The normalized spacial score (nSPS) is 11.0. The lowest BCUT2D eigenvalue weighted by molar-refractivity contribution is -0.146. The lowest BCUT2D eigenvalue weighted by Gasteiger charge is -2.09. The van der Waals surface area contributed by atoms with Crippen molar-refractivity contribution in [1.29, 1.82) is 0 Å². The molecule has 258 valence electrons. The van der Waals surface area contributed by atoms with Crippen molar-refractivity contribution in [1.82, 2.24) is 0 Å². The molecule has 0 aromatic carbocycles. The lowest BCUT2D eigenvalue weighted by atomic mass is 10.0. The first-order chi connectivity index (χ1) is 21.5. The molecule has 0 amide bonds. The average Bonchev–Trinajstić information content (AvgIpc) is 3.00. The van der Waals surface area contributed by atoms with Gasteiger partial charge in [-0.15, -0.1) is 0 Å². The molecule has 0 radical (unpaired) electrons. The van der Waals surface area contributed by atoms with Gasteiger partial charge in [0.05, 0.1) is 12.8 Å². The van der Waals surface area contributed by atoms with E-state index in [1.165, 1.54) is 154 Å². The number of unbranched alkanes of at least 4 members (excludes halogenated alkanes) is 26. The molecule has 0 aromatic heterocycles. The van der Waals surface area contributed by atoms with E-state index in [0.717, 1.165) is 25.7 Å². The Morgan fingerprint density at radius 1 is 0.341 bits per heavy atom. The van der Waals surface area contributed by atoms with Crippen LogP contribution in [0.25, 0.3) is 0 Å². The monoisotopic (exact) mass is 619 g/mol. The number of hydrogen-bond donors (Lipinski definition) is 0. The van der Waals surface area contributed by atoms with Crippen molar-refractivity contribution in [3.8, 4) is 0 Å². The molecule has 0 bridgehead atoms. The number of rotatable bonds is 35. The minimum atomic E-state index is -0.408. The van der Waals surface area contributed by atoms with Crippen LogP contribution in [-0.2, 0) is 19.1 Å². The molecular weight excluding hydrogens is 544 g/mol. The Balaban J connectivity index is 3.51. The number of esters is 2. The van der Waals surface area contributed by atoms with Crippen LogP contribution in [0.1, 0.15) is 219 Å². The summed E-state index contributed by atoms with van der Waals surface area (Å²) in [5.41, 5.74) is 0. The second-order valence-corrected chi connectivity index (χ2v) is 13.2. The first-order valence-corrected chi connectivity index (χ1v) is 19.3. The zero-order chi connectivity index (χ0) is 32.4. The summed E-state index contributed by atoms with van der Waals surface area (Å²) in [5.74, 6) is 0.193. The van der Waals surface area contributed by atoms with E-state index in [9.17, 15) is 9.59 Å².